The molecule has 120 valence electrons. The summed E-state index contributed by atoms with van der Waals surface area (Å²) >= 11 is 0. The van der Waals surface area contributed by atoms with Crippen LogP contribution in [0.3, 0.4) is 0 Å². The minimum Gasteiger partial charge on any atom is -0.493 e. The van der Waals surface area contributed by atoms with Gasteiger partial charge in [-0.2, -0.15) is 0 Å². The normalized spacial score (nSPS) is 15.3. The number of rotatable bonds is 7. The molecule has 0 N–H and O–H groups in total. The number of benzene rings is 1. The highest BCUT2D eigenvalue weighted by atomic mass is 16.5. The second-order valence-electron chi connectivity index (χ2n) is 6.30. The summed E-state index contributed by atoms with van der Waals surface area (Å²) in [5, 5.41) is 0. The van der Waals surface area contributed by atoms with E-state index in [1.54, 1.807) is 0 Å². The fraction of sp³-hybridized carbons (Fsp3) is 0.684. The van der Waals surface area contributed by atoms with Gasteiger partial charge in [0.25, 0.3) is 0 Å². The second kappa shape index (κ2) is 9.83. The van der Waals surface area contributed by atoms with Crippen LogP contribution in [0.25, 0.3) is 0 Å². The molecule has 1 aliphatic rings. The number of ether oxygens (including phenoxy) is 1. The van der Waals surface area contributed by atoms with Gasteiger partial charge in [-0.1, -0.05) is 45.7 Å². The lowest BCUT2D eigenvalue weighted by atomic mass is 10.0. The smallest absolute Gasteiger partial charge is 0.119 e. The van der Waals surface area contributed by atoms with E-state index in [2.05, 4.69) is 64.0 Å². The maximum atomic E-state index is 5.77. The minimum absolute atomic E-state index is 0.521. The topological polar surface area (TPSA) is 12.5 Å². The molecule has 1 aromatic rings. The molecule has 2 rings (SSSR count). The Morgan fingerprint density at radius 3 is 2.10 bits per heavy atom. The summed E-state index contributed by atoms with van der Waals surface area (Å²) in [7, 11) is 4.30. The zero-order valence-corrected chi connectivity index (χ0v) is 14.6. The Hall–Kier alpha value is -1.02. The first-order chi connectivity index (χ1) is 10.1. The third-order valence-corrected chi connectivity index (χ3v) is 3.63. The van der Waals surface area contributed by atoms with Crippen LogP contribution in [0.4, 0.5) is 0 Å². The summed E-state index contributed by atoms with van der Waals surface area (Å²) in [6, 6.07) is 9.17. The van der Waals surface area contributed by atoms with Crippen LogP contribution in [0.5, 0.6) is 5.75 Å². The van der Waals surface area contributed by atoms with Crippen molar-refractivity contribution in [3.8, 4) is 5.75 Å². The van der Waals surface area contributed by atoms with E-state index in [0.29, 0.717) is 6.04 Å². The Morgan fingerprint density at radius 1 is 1.10 bits per heavy atom. The Morgan fingerprint density at radius 2 is 1.67 bits per heavy atom. The fourth-order valence-corrected chi connectivity index (χ4v) is 2.28. The monoisotopic (exact) mass is 291 g/mol. The molecule has 0 saturated heterocycles. The van der Waals surface area contributed by atoms with Gasteiger partial charge in [0, 0.05) is 6.04 Å². The molecule has 1 aromatic carbocycles. The third kappa shape index (κ3) is 6.99. The predicted molar refractivity (Wildman–Crippen MR) is 92.0 cm³/mol. The molecule has 0 heterocycles. The van der Waals surface area contributed by atoms with Crippen molar-refractivity contribution in [1.82, 2.24) is 4.90 Å². The van der Waals surface area contributed by atoms with Crippen LogP contribution in [0.1, 0.15) is 64.5 Å². The first-order valence-corrected chi connectivity index (χ1v) is 8.51. The lowest BCUT2D eigenvalue weighted by molar-refractivity contribution is 0.280. The van der Waals surface area contributed by atoms with E-state index in [1.165, 1.54) is 37.7 Å². The van der Waals surface area contributed by atoms with Crippen molar-refractivity contribution in [2.75, 3.05) is 20.7 Å². The summed E-state index contributed by atoms with van der Waals surface area (Å²) in [5.41, 5.74) is 1.39. The lowest BCUT2D eigenvalue weighted by Crippen LogP contribution is -2.19. The highest BCUT2D eigenvalue weighted by Crippen LogP contribution is 2.30. The average Bonchev–Trinajstić information content (AvgIpc) is 3.28. The van der Waals surface area contributed by atoms with Crippen LogP contribution >= 0.6 is 0 Å². The highest BCUT2D eigenvalue weighted by Gasteiger charge is 2.21. The second-order valence-corrected chi connectivity index (χ2v) is 6.30. The van der Waals surface area contributed by atoms with Crippen molar-refractivity contribution in [3.63, 3.8) is 0 Å². The molecule has 2 nitrogen and oxygen atoms in total. The predicted octanol–water partition coefficient (Wildman–Crippen LogP) is 5.29. The van der Waals surface area contributed by atoms with Crippen LogP contribution in [0.2, 0.25) is 0 Å². The van der Waals surface area contributed by atoms with Gasteiger partial charge in [-0.15, -0.1) is 0 Å². The van der Waals surface area contributed by atoms with Crippen LogP contribution in [-0.4, -0.2) is 25.6 Å². The summed E-state index contributed by atoms with van der Waals surface area (Å²) in [4.78, 5) is 2.30. The van der Waals surface area contributed by atoms with Gasteiger partial charge in [0.2, 0.25) is 0 Å². The molecular formula is C19H33NO. The Bertz CT molecular complexity index is 368. The third-order valence-electron chi connectivity index (χ3n) is 3.63. The molecule has 21 heavy (non-hydrogen) atoms. The minimum atomic E-state index is 0.521. The molecule has 2 heteroatoms. The zero-order chi connectivity index (χ0) is 15.7. The summed E-state index contributed by atoms with van der Waals surface area (Å²) in [6.07, 6.45) is 6.35. The van der Waals surface area contributed by atoms with Gasteiger partial charge >= 0.3 is 0 Å². The Kier molecular flexibility index (Phi) is 8.44. The molecular weight excluding hydrogens is 258 g/mol. The number of hydrogen-bond acceptors (Lipinski definition) is 2. The van der Waals surface area contributed by atoms with Crippen molar-refractivity contribution in [1.29, 1.82) is 0 Å². The van der Waals surface area contributed by atoms with Gasteiger partial charge in [0.05, 0.1) is 6.61 Å². The van der Waals surface area contributed by atoms with E-state index >= 15 is 0 Å². The van der Waals surface area contributed by atoms with Crippen LogP contribution in [0.15, 0.2) is 24.3 Å². The standard InChI is InChI=1S/C16H25NO.C3H8/c1-4-5-16(17(2)3)14-8-10-15(11-9-14)18-12-13-6-7-13;1-3-2/h8-11,13,16H,4-7,12H2,1-3H3;3H2,1-2H3. The van der Waals surface area contributed by atoms with Gasteiger partial charge in [0.15, 0.2) is 0 Å². The van der Waals surface area contributed by atoms with Crippen molar-refractivity contribution in [2.45, 2.75) is 58.9 Å². The number of hydrogen-bond donors (Lipinski definition) is 0. The first kappa shape index (κ1) is 18.0. The van der Waals surface area contributed by atoms with Gasteiger partial charge in [-0.3, -0.25) is 0 Å². The van der Waals surface area contributed by atoms with E-state index in [0.717, 1.165) is 18.3 Å². The molecule has 0 aliphatic heterocycles. The van der Waals surface area contributed by atoms with Gasteiger partial charge < -0.3 is 9.64 Å². The zero-order valence-electron chi connectivity index (χ0n) is 14.6. The quantitative estimate of drug-likeness (QED) is 0.676. The van der Waals surface area contributed by atoms with E-state index in [1.807, 2.05) is 0 Å². The first-order valence-electron chi connectivity index (χ1n) is 8.51. The van der Waals surface area contributed by atoms with Crippen LogP contribution in [-0.2, 0) is 0 Å². The Balaban J connectivity index is 0.000000677. The van der Waals surface area contributed by atoms with E-state index in [4.69, 9.17) is 4.74 Å². The molecule has 0 bridgehead atoms. The summed E-state index contributed by atoms with van der Waals surface area (Å²) < 4.78 is 5.77. The van der Waals surface area contributed by atoms with Crippen LogP contribution < -0.4 is 4.74 Å². The maximum absolute atomic E-state index is 5.77. The van der Waals surface area contributed by atoms with Crippen molar-refractivity contribution in [3.05, 3.63) is 29.8 Å². The fourth-order valence-electron chi connectivity index (χ4n) is 2.28. The number of nitrogens with zero attached hydrogens (tertiary/aromatic N) is 1. The molecule has 1 unspecified atom stereocenters. The molecule has 0 radical (unpaired) electrons. The van der Waals surface area contributed by atoms with Crippen LogP contribution in [0, 0.1) is 5.92 Å². The highest BCUT2D eigenvalue weighted by molar-refractivity contribution is 5.29. The average molecular weight is 291 g/mol. The molecule has 0 spiro atoms. The van der Waals surface area contributed by atoms with Crippen molar-refractivity contribution >= 4 is 0 Å². The Labute approximate surface area is 131 Å². The molecule has 1 saturated carbocycles. The van der Waals surface area contributed by atoms with E-state index in [-0.39, 0.29) is 0 Å². The molecule has 1 fully saturated rings. The van der Waals surface area contributed by atoms with Gasteiger partial charge in [-0.05, 0) is 57.0 Å². The van der Waals surface area contributed by atoms with E-state index in [9.17, 15) is 0 Å². The summed E-state index contributed by atoms with van der Waals surface area (Å²) in [6.45, 7) is 7.38. The summed E-state index contributed by atoms with van der Waals surface area (Å²) in [5.74, 6) is 1.83. The van der Waals surface area contributed by atoms with E-state index < -0.39 is 0 Å². The molecule has 0 aromatic heterocycles. The van der Waals surface area contributed by atoms with Crippen molar-refractivity contribution < 1.29 is 4.74 Å². The molecule has 1 atom stereocenters. The maximum Gasteiger partial charge on any atom is 0.119 e. The molecule has 0 amide bonds. The largest absolute Gasteiger partial charge is 0.493 e. The lowest BCUT2D eigenvalue weighted by Gasteiger charge is -2.24. The van der Waals surface area contributed by atoms with Crippen molar-refractivity contribution in [2.24, 2.45) is 5.92 Å². The van der Waals surface area contributed by atoms with Gasteiger partial charge in [-0.25, -0.2) is 0 Å². The van der Waals surface area contributed by atoms with Gasteiger partial charge in [0.1, 0.15) is 5.75 Å². The SMILES string of the molecule is CCC.CCCC(c1ccc(OCC2CC2)cc1)N(C)C. The molecule has 1 aliphatic carbocycles.